The average Bonchev–Trinajstić information content (AvgIpc) is 2.75. The zero-order valence-corrected chi connectivity index (χ0v) is 9.31. The van der Waals surface area contributed by atoms with E-state index in [9.17, 15) is 4.79 Å². The number of para-hydroxylation sites is 1. The van der Waals surface area contributed by atoms with Crippen molar-refractivity contribution in [1.29, 1.82) is 0 Å². The smallest absolute Gasteiger partial charge is 0.293 e. The first-order valence-corrected chi connectivity index (χ1v) is 5.07. The van der Waals surface area contributed by atoms with Gasteiger partial charge in [0.05, 0.1) is 6.26 Å². The quantitative estimate of drug-likeness (QED) is 0.771. The molecule has 0 N–H and O–H groups in total. The Morgan fingerprint density at radius 1 is 1.19 bits per heavy atom. The third kappa shape index (κ3) is 1.84. The van der Waals surface area contributed by atoms with Gasteiger partial charge in [-0.15, -0.1) is 0 Å². The average molecular weight is 215 g/mol. The van der Waals surface area contributed by atoms with Crippen LogP contribution in [0.5, 0.6) is 0 Å². The highest BCUT2D eigenvalue weighted by Gasteiger charge is 2.18. The lowest BCUT2D eigenvalue weighted by Crippen LogP contribution is -2.26. The molecule has 0 atom stereocenters. The molecule has 0 saturated heterocycles. The molecule has 1 aromatic carbocycles. The molecule has 1 amide bonds. The lowest BCUT2D eigenvalue weighted by atomic mass is 10.2. The van der Waals surface area contributed by atoms with Crippen LogP contribution in [-0.4, -0.2) is 13.0 Å². The van der Waals surface area contributed by atoms with E-state index >= 15 is 0 Å². The topological polar surface area (TPSA) is 33.5 Å². The molecule has 0 aliphatic heterocycles. The number of nitrogens with zero attached hydrogens (tertiary/aromatic N) is 1. The minimum Gasteiger partial charge on any atom is -0.459 e. The maximum Gasteiger partial charge on any atom is 0.293 e. The minimum atomic E-state index is -0.131. The van der Waals surface area contributed by atoms with Gasteiger partial charge in [-0.05, 0) is 25.1 Å². The van der Waals surface area contributed by atoms with Crippen molar-refractivity contribution in [2.45, 2.75) is 6.92 Å². The molecule has 0 radical (unpaired) electrons. The van der Waals surface area contributed by atoms with E-state index in [4.69, 9.17) is 4.42 Å². The van der Waals surface area contributed by atoms with E-state index < -0.39 is 0 Å². The van der Waals surface area contributed by atoms with Crippen LogP contribution in [0.2, 0.25) is 0 Å². The molecule has 0 aliphatic rings. The molecule has 0 unspecified atom stereocenters. The highest BCUT2D eigenvalue weighted by atomic mass is 16.3. The van der Waals surface area contributed by atoms with Gasteiger partial charge in [-0.3, -0.25) is 4.79 Å². The fourth-order valence-corrected chi connectivity index (χ4v) is 1.51. The number of furan rings is 1. The molecule has 1 aromatic heterocycles. The van der Waals surface area contributed by atoms with E-state index in [0.29, 0.717) is 5.76 Å². The van der Waals surface area contributed by atoms with Crippen molar-refractivity contribution in [1.82, 2.24) is 0 Å². The van der Waals surface area contributed by atoms with Crippen molar-refractivity contribution in [2.24, 2.45) is 0 Å². The van der Waals surface area contributed by atoms with Gasteiger partial charge in [0.2, 0.25) is 0 Å². The largest absolute Gasteiger partial charge is 0.459 e. The number of benzene rings is 1. The summed E-state index contributed by atoms with van der Waals surface area (Å²) in [6.45, 7) is 1.86. The summed E-state index contributed by atoms with van der Waals surface area (Å²) in [6, 6.07) is 11.3. The summed E-state index contributed by atoms with van der Waals surface area (Å²) in [4.78, 5) is 13.6. The molecule has 0 aliphatic carbocycles. The van der Waals surface area contributed by atoms with E-state index in [2.05, 4.69) is 0 Å². The molecule has 3 heteroatoms. The molecular formula is C13H13NO2. The van der Waals surface area contributed by atoms with Gasteiger partial charge in [0.1, 0.15) is 0 Å². The summed E-state index contributed by atoms with van der Waals surface area (Å²) in [5.74, 6) is 0.264. The first-order chi connectivity index (χ1) is 7.70. The zero-order valence-electron chi connectivity index (χ0n) is 9.31. The van der Waals surface area contributed by atoms with Crippen LogP contribution >= 0.6 is 0 Å². The summed E-state index contributed by atoms with van der Waals surface area (Å²) in [7, 11) is 1.74. The molecular weight excluding hydrogens is 202 g/mol. The van der Waals surface area contributed by atoms with Crippen molar-refractivity contribution in [3.63, 3.8) is 0 Å². The number of rotatable bonds is 2. The number of hydrogen-bond donors (Lipinski definition) is 0. The maximum atomic E-state index is 12.1. The van der Waals surface area contributed by atoms with E-state index in [1.165, 1.54) is 6.26 Å². The van der Waals surface area contributed by atoms with Gasteiger partial charge in [0.15, 0.2) is 5.76 Å². The summed E-state index contributed by atoms with van der Waals surface area (Å²) in [5.41, 5.74) is 1.70. The van der Waals surface area contributed by atoms with Crippen molar-refractivity contribution in [3.05, 3.63) is 54.0 Å². The molecule has 16 heavy (non-hydrogen) atoms. The van der Waals surface area contributed by atoms with Gasteiger partial charge >= 0.3 is 0 Å². The first-order valence-electron chi connectivity index (χ1n) is 5.07. The Bertz CT molecular complexity index is 488. The van der Waals surface area contributed by atoms with Crippen molar-refractivity contribution >= 4 is 11.6 Å². The van der Waals surface area contributed by atoms with Gasteiger partial charge in [0.25, 0.3) is 5.91 Å². The third-order valence-corrected chi connectivity index (χ3v) is 2.50. The van der Waals surface area contributed by atoms with Crippen molar-refractivity contribution < 1.29 is 9.21 Å². The second-order valence-electron chi connectivity index (χ2n) is 3.63. The third-order valence-electron chi connectivity index (χ3n) is 2.50. The van der Waals surface area contributed by atoms with Crippen LogP contribution in [-0.2, 0) is 0 Å². The number of anilines is 1. The Kier molecular flexibility index (Phi) is 2.77. The number of hydrogen-bond acceptors (Lipinski definition) is 2. The highest BCUT2D eigenvalue weighted by molar-refractivity contribution is 6.04. The summed E-state index contributed by atoms with van der Waals surface area (Å²) < 4.78 is 5.18. The molecule has 3 nitrogen and oxygen atoms in total. The Hall–Kier alpha value is -2.03. The predicted octanol–water partition coefficient (Wildman–Crippen LogP) is 2.86. The van der Waals surface area contributed by atoms with Gasteiger partial charge in [-0.2, -0.15) is 0 Å². The van der Waals surface area contributed by atoms with Crippen molar-refractivity contribution in [3.8, 4) is 0 Å². The number of carbonyl (C=O) groups is 1. The first kappa shape index (κ1) is 10.5. The Balaban J connectivity index is 2.27. The van der Waals surface area contributed by atoms with E-state index in [0.717, 1.165) is 11.3 Å². The van der Waals surface area contributed by atoms with E-state index in [1.54, 1.807) is 18.0 Å². The van der Waals surface area contributed by atoms with Crippen LogP contribution in [0, 0.1) is 6.92 Å². The molecule has 0 fully saturated rings. The molecule has 0 saturated carbocycles. The highest BCUT2D eigenvalue weighted by Crippen LogP contribution is 2.17. The Morgan fingerprint density at radius 2 is 1.88 bits per heavy atom. The maximum absolute atomic E-state index is 12.1. The van der Waals surface area contributed by atoms with E-state index in [-0.39, 0.29) is 5.91 Å². The molecule has 2 rings (SSSR count). The number of amides is 1. The van der Waals surface area contributed by atoms with Crippen LogP contribution < -0.4 is 4.90 Å². The normalized spacial score (nSPS) is 10.1. The summed E-state index contributed by atoms with van der Waals surface area (Å²) in [6.07, 6.45) is 1.53. The fraction of sp³-hybridized carbons (Fsp3) is 0.154. The van der Waals surface area contributed by atoms with Gasteiger partial charge in [-0.25, -0.2) is 0 Å². The fourth-order valence-electron chi connectivity index (χ4n) is 1.51. The SMILES string of the molecule is Cc1ccoc1C(=O)N(C)c1ccccc1. The Labute approximate surface area is 94.3 Å². The second kappa shape index (κ2) is 4.23. The Morgan fingerprint density at radius 3 is 2.44 bits per heavy atom. The standard InChI is InChI=1S/C13H13NO2/c1-10-8-9-16-12(10)13(15)14(2)11-6-4-3-5-7-11/h3-9H,1-2H3. The number of aryl methyl sites for hydroxylation is 1. The minimum absolute atomic E-state index is 0.131. The summed E-state index contributed by atoms with van der Waals surface area (Å²) in [5, 5.41) is 0. The summed E-state index contributed by atoms with van der Waals surface area (Å²) >= 11 is 0. The lowest BCUT2D eigenvalue weighted by Gasteiger charge is -2.15. The van der Waals surface area contributed by atoms with Gasteiger partial charge in [-0.1, -0.05) is 18.2 Å². The second-order valence-corrected chi connectivity index (χ2v) is 3.63. The zero-order chi connectivity index (χ0) is 11.5. The van der Waals surface area contributed by atoms with E-state index in [1.807, 2.05) is 37.3 Å². The molecule has 0 bridgehead atoms. The lowest BCUT2D eigenvalue weighted by molar-refractivity contribution is 0.0965. The molecule has 0 spiro atoms. The number of carbonyl (C=O) groups excluding carboxylic acids is 1. The van der Waals surface area contributed by atoms with Crippen LogP contribution in [0.25, 0.3) is 0 Å². The predicted molar refractivity (Wildman–Crippen MR) is 62.6 cm³/mol. The van der Waals surface area contributed by atoms with Crippen LogP contribution in [0.3, 0.4) is 0 Å². The molecule has 82 valence electrons. The van der Waals surface area contributed by atoms with Gasteiger partial charge in [0, 0.05) is 18.3 Å². The molecule has 2 aromatic rings. The van der Waals surface area contributed by atoms with Crippen LogP contribution in [0.4, 0.5) is 5.69 Å². The van der Waals surface area contributed by atoms with Crippen LogP contribution in [0.15, 0.2) is 47.1 Å². The monoisotopic (exact) mass is 215 g/mol. The molecule has 1 heterocycles. The van der Waals surface area contributed by atoms with Crippen LogP contribution in [0.1, 0.15) is 16.1 Å². The van der Waals surface area contributed by atoms with Gasteiger partial charge < -0.3 is 9.32 Å². The van der Waals surface area contributed by atoms with Crippen molar-refractivity contribution in [2.75, 3.05) is 11.9 Å².